The summed E-state index contributed by atoms with van der Waals surface area (Å²) in [7, 11) is 0. The summed E-state index contributed by atoms with van der Waals surface area (Å²) in [5.41, 5.74) is -1.41. The maximum Gasteiger partial charge on any atom is -1.00 e. The van der Waals surface area contributed by atoms with Gasteiger partial charge >= 0.3 is 79.9 Å². The predicted molar refractivity (Wildman–Crippen MR) is 31.0 cm³/mol. The second-order valence-electron chi connectivity index (χ2n) is 2.42. The fourth-order valence-electron chi connectivity index (χ4n) is 0.811. The van der Waals surface area contributed by atoms with Crippen molar-refractivity contribution in [3.05, 3.63) is 29.3 Å². The van der Waals surface area contributed by atoms with E-state index in [-0.39, 0.29) is 40.9 Å². The molecule has 0 spiro atoms. The van der Waals surface area contributed by atoms with Crippen molar-refractivity contribution >= 4 is 4.16 Å². The minimum absolute atomic E-state index is 0. The van der Waals surface area contributed by atoms with Gasteiger partial charge in [0, 0.05) is 0 Å². The second kappa shape index (κ2) is 4.54. The van der Waals surface area contributed by atoms with Crippen molar-refractivity contribution in [2.45, 2.75) is 6.18 Å². The topological polar surface area (TPSA) is 0 Å². The van der Waals surface area contributed by atoms with Gasteiger partial charge in [-0.3, -0.25) is 0 Å². The zero-order chi connectivity index (χ0) is 10.2. The Balaban J connectivity index is 0.00000169. The fraction of sp³-hybridized carbons (Fsp3) is 0.143. The second-order valence-corrected chi connectivity index (χ2v) is 4.02. The zero-order valence-electron chi connectivity index (χ0n) is 6.63. The first-order valence-electron chi connectivity index (χ1n) is 3.20. The van der Waals surface area contributed by atoms with Crippen molar-refractivity contribution in [3.8, 4) is 0 Å². The van der Waals surface area contributed by atoms with Crippen LogP contribution in [0.5, 0.6) is 0 Å². The molecule has 0 aromatic heterocycles. The molecule has 74 valence electrons. The molecule has 0 radical (unpaired) electrons. The number of alkyl halides is 3. The van der Waals surface area contributed by atoms with Gasteiger partial charge in [0.1, 0.15) is 0 Å². The number of hydrogen-bond acceptors (Lipinski definition) is 0. The molecule has 0 fully saturated rings. The zero-order valence-corrected chi connectivity index (χ0v) is 10.4. The molecule has 0 nitrogen and oxygen atoms in total. The standard InChI is InChI=1S/C7H2F5.ClH.Zn/c8-4-1-2-5(6(9)3-4)7(10,11)12;;/h2-3H;1H;/q;;+1/p-1. The van der Waals surface area contributed by atoms with Crippen LogP contribution in [0.15, 0.2) is 12.1 Å². The molecule has 7 heteroatoms. The average Bonchev–Trinajstić information content (AvgIpc) is 1.94. The van der Waals surface area contributed by atoms with Crippen LogP contribution in [0.4, 0.5) is 22.0 Å². The van der Waals surface area contributed by atoms with Gasteiger partial charge in [0.25, 0.3) is 0 Å². The van der Waals surface area contributed by atoms with Crippen LogP contribution in [0, 0.1) is 11.6 Å². The number of hydrogen-bond donors (Lipinski definition) is 0. The van der Waals surface area contributed by atoms with Gasteiger partial charge in [0.15, 0.2) is 0 Å². The van der Waals surface area contributed by atoms with Gasteiger partial charge in [-0.1, -0.05) is 0 Å². The Bertz CT molecular complexity index is 336. The van der Waals surface area contributed by atoms with E-state index in [9.17, 15) is 22.0 Å². The van der Waals surface area contributed by atoms with Crippen molar-refractivity contribution < 1.29 is 52.7 Å². The first-order valence-corrected chi connectivity index (χ1v) is 4.69. The monoisotopic (exact) mass is 280 g/mol. The van der Waals surface area contributed by atoms with Gasteiger partial charge in [0.05, 0.1) is 0 Å². The normalized spacial score (nSPS) is 11.1. The first-order chi connectivity index (χ1) is 5.82. The molecule has 14 heavy (non-hydrogen) atoms. The molecule has 1 aromatic rings. The Hall–Kier alpha value is -0.217. The maximum atomic E-state index is 12.6. The van der Waals surface area contributed by atoms with E-state index in [0.717, 1.165) is 0 Å². The molecular weight excluding hydrogens is 280 g/mol. The molecule has 0 N–H and O–H groups in total. The van der Waals surface area contributed by atoms with E-state index >= 15 is 0 Å². The number of halogens is 6. The molecule has 1 rings (SSSR count). The van der Waals surface area contributed by atoms with E-state index in [4.69, 9.17) is 0 Å². The Morgan fingerprint density at radius 1 is 1.00 bits per heavy atom. The largest absolute Gasteiger partial charge is 1.00 e. The van der Waals surface area contributed by atoms with Crippen molar-refractivity contribution in [3.63, 3.8) is 0 Å². The Labute approximate surface area is 92.6 Å². The van der Waals surface area contributed by atoms with Gasteiger partial charge in [-0.25, -0.2) is 0 Å². The minimum Gasteiger partial charge on any atom is -1.00 e. The van der Waals surface area contributed by atoms with Gasteiger partial charge in [-0.2, -0.15) is 0 Å². The summed E-state index contributed by atoms with van der Waals surface area (Å²) in [6.45, 7) is 0. The average molecular weight is 282 g/mol. The summed E-state index contributed by atoms with van der Waals surface area (Å²) < 4.78 is 61.1. The minimum atomic E-state index is -4.76. The molecule has 0 heterocycles. The third-order valence-electron chi connectivity index (χ3n) is 1.44. The molecule has 1 aromatic carbocycles. The van der Waals surface area contributed by atoms with Crippen LogP contribution < -0.4 is 16.6 Å². The molecule has 0 aliphatic heterocycles. The van der Waals surface area contributed by atoms with Crippen LogP contribution in [0.3, 0.4) is 0 Å². The molecular formula is C7H2ClF5Zn. The van der Waals surface area contributed by atoms with Crippen LogP contribution in [-0.4, -0.2) is 0 Å². The number of rotatable bonds is 0. The van der Waals surface area contributed by atoms with Crippen molar-refractivity contribution in [2.75, 3.05) is 0 Å². The smallest absolute Gasteiger partial charge is 1.00 e. The van der Waals surface area contributed by atoms with E-state index < -0.39 is 23.4 Å². The Kier molecular flexibility index (Phi) is 4.46. The fourth-order valence-corrected chi connectivity index (χ4v) is 1.45. The van der Waals surface area contributed by atoms with Gasteiger partial charge in [0.2, 0.25) is 0 Å². The van der Waals surface area contributed by atoms with E-state index in [0.29, 0.717) is 6.07 Å². The third kappa shape index (κ3) is 2.89. The molecule has 0 aliphatic carbocycles. The summed E-state index contributed by atoms with van der Waals surface area (Å²) in [5, 5.41) is 0. The first kappa shape index (κ1) is 13.8. The quantitative estimate of drug-likeness (QED) is 0.430. The summed E-state index contributed by atoms with van der Waals surface area (Å²) in [6.07, 6.45) is -4.76. The van der Waals surface area contributed by atoms with Crippen molar-refractivity contribution in [1.29, 1.82) is 0 Å². The van der Waals surface area contributed by atoms with Gasteiger partial charge < -0.3 is 12.4 Å². The van der Waals surface area contributed by atoms with Crippen molar-refractivity contribution in [2.24, 2.45) is 0 Å². The molecule has 0 aliphatic rings. The number of benzene rings is 1. The molecule has 0 amide bonds. The van der Waals surface area contributed by atoms with Crippen LogP contribution in [0.2, 0.25) is 0 Å². The molecule has 0 bridgehead atoms. The summed E-state index contributed by atoms with van der Waals surface area (Å²) in [5.74, 6) is -2.49. The van der Waals surface area contributed by atoms with Gasteiger partial charge in [-0.15, -0.1) is 0 Å². The van der Waals surface area contributed by atoms with Gasteiger partial charge in [-0.05, 0) is 0 Å². The Morgan fingerprint density at radius 2 is 1.50 bits per heavy atom. The molecule has 0 saturated carbocycles. The van der Waals surface area contributed by atoms with E-state index in [1.54, 1.807) is 0 Å². The van der Waals surface area contributed by atoms with Crippen LogP contribution >= 0.6 is 0 Å². The van der Waals surface area contributed by atoms with Crippen molar-refractivity contribution in [1.82, 2.24) is 0 Å². The van der Waals surface area contributed by atoms with E-state index in [1.165, 1.54) is 0 Å². The maximum absolute atomic E-state index is 12.6. The summed E-state index contributed by atoms with van der Waals surface area (Å²) in [6, 6.07) is 0.770. The molecule has 0 unspecified atom stereocenters. The predicted octanol–water partition coefficient (Wildman–Crippen LogP) is -0.840. The SMILES string of the molecule is Fc1cc(F)c(C(F)(F)F)c[c]1[Zn+].[Cl-]. The summed E-state index contributed by atoms with van der Waals surface area (Å²) in [4.78, 5) is 0. The van der Waals surface area contributed by atoms with Crippen LogP contribution in [0.25, 0.3) is 0 Å². The summed E-state index contributed by atoms with van der Waals surface area (Å²) >= 11 is 0.217. The molecule has 0 saturated heterocycles. The van der Waals surface area contributed by atoms with Crippen LogP contribution in [-0.2, 0) is 24.5 Å². The van der Waals surface area contributed by atoms with Crippen LogP contribution in [0.1, 0.15) is 5.56 Å². The third-order valence-corrected chi connectivity index (χ3v) is 2.58. The Morgan fingerprint density at radius 3 is 1.93 bits per heavy atom. The van der Waals surface area contributed by atoms with E-state index in [2.05, 4.69) is 0 Å². The molecule has 0 atom stereocenters. The van der Waals surface area contributed by atoms with E-state index in [1.807, 2.05) is 0 Å².